The summed E-state index contributed by atoms with van der Waals surface area (Å²) < 4.78 is 2.38. The highest BCUT2D eigenvalue weighted by Gasteiger charge is 2.18. The minimum atomic E-state index is 0.595. The van der Waals surface area contributed by atoms with E-state index in [4.69, 9.17) is 0 Å². The van der Waals surface area contributed by atoms with Gasteiger partial charge in [-0.3, -0.25) is 0 Å². The van der Waals surface area contributed by atoms with Crippen molar-refractivity contribution >= 4 is 43.2 Å². The third-order valence-electron chi connectivity index (χ3n) is 2.07. The Morgan fingerprint density at radius 1 is 1.50 bits per heavy atom. The molecule has 4 heteroatoms. The van der Waals surface area contributed by atoms with Crippen LogP contribution in [-0.2, 0) is 0 Å². The second kappa shape index (κ2) is 3.78. The van der Waals surface area contributed by atoms with E-state index in [1.165, 1.54) is 26.0 Å². The highest BCUT2D eigenvalue weighted by molar-refractivity contribution is 9.13. The number of rotatable bonds is 1. The lowest BCUT2D eigenvalue weighted by molar-refractivity contribution is 0.659. The molecule has 1 fully saturated rings. The number of thiophene rings is 1. The van der Waals surface area contributed by atoms with Crippen LogP contribution in [0.4, 0.5) is 0 Å². The first-order valence-corrected chi connectivity index (χ1v) is 6.36. The smallest absolute Gasteiger partial charge is 0.0843 e. The Morgan fingerprint density at radius 2 is 2.33 bits per heavy atom. The van der Waals surface area contributed by atoms with E-state index in [1.54, 1.807) is 0 Å². The zero-order valence-corrected chi connectivity index (χ0v) is 10.4. The molecule has 0 aromatic carbocycles. The number of hydrogen-bond donors (Lipinski definition) is 1. The molecule has 66 valence electrons. The zero-order valence-electron chi connectivity index (χ0n) is 6.44. The summed E-state index contributed by atoms with van der Waals surface area (Å²) in [5, 5.41) is 3.48. The van der Waals surface area contributed by atoms with Crippen molar-refractivity contribution in [1.29, 1.82) is 0 Å². The van der Waals surface area contributed by atoms with Crippen LogP contribution in [-0.4, -0.2) is 6.54 Å². The summed E-state index contributed by atoms with van der Waals surface area (Å²) in [6.45, 7) is 1.16. The van der Waals surface area contributed by atoms with E-state index < -0.39 is 0 Å². The Morgan fingerprint density at radius 3 is 2.83 bits per heavy atom. The molecular formula is C8H9Br2NS. The van der Waals surface area contributed by atoms with Gasteiger partial charge >= 0.3 is 0 Å². The lowest BCUT2D eigenvalue weighted by Crippen LogP contribution is -2.11. The second-order valence-corrected chi connectivity index (χ2v) is 6.18. The average molecular weight is 311 g/mol. The van der Waals surface area contributed by atoms with E-state index in [2.05, 4.69) is 43.2 Å². The second-order valence-electron chi connectivity index (χ2n) is 2.92. The van der Waals surface area contributed by atoms with Crippen LogP contribution in [0.15, 0.2) is 14.3 Å². The maximum absolute atomic E-state index is 3.51. The van der Waals surface area contributed by atoms with Crippen LogP contribution in [0.5, 0.6) is 0 Å². The largest absolute Gasteiger partial charge is 0.309 e. The molecule has 0 aliphatic carbocycles. The summed E-state index contributed by atoms with van der Waals surface area (Å²) in [6.07, 6.45) is 2.58. The number of nitrogens with one attached hydrogen (secondary N) is 1. The zero-order chi connectivity index (χ0) is 8.55. The summed E-state index contributed by atoms with van der Waals surface area (Å²) >= 11 is 8.82. The molecule has 1 atom stereocenters. The molecule has 12 heavy (non-hydrogen) atoms. The van der Waals surface area contributed by atoms with Gasteiger partial charge in [-0.1, -0.05) is 0 Å². The molecule has 1 aliphatic heterocycles. The van der Waals surface area contributed by atoms with Crippen molar-refractivity contribution in [1.82, 2.24) is 5.32 Å². The Bertz CT molecular complexity index is 259. The minimum Gasteiger partial charge on any atom is -0.309 e. The van der Waals surface area contributed by atoms with Gasteiger partial charge in [-0.05, 0) is 57.3 Å². The molecule has 1 aliphatic rings. The van der Waals surface area contributed by atoms with Crippen molar-refractivity contribution in [3.05, 3.63) is 19.2 Å². The highest BCUT2D eigenvalue weighted by Crippen LogP contribution is 2.37. The summed E-state index contributed by atoms with van der Waals surface area (Å²) in [4.78, 5) is 1.44. The fourth-order valence-electron chi connectivity index (χ4n) is 1.46. The summed E-state index contributed by atoms with van der Waals surface area (Å²) in [5.74, 6) is 0. The maximum atomic E-state index is 3.51. The maximum Gasteiger partial charge on any atom is 0.0843 e. The van der Waals surface area contributed by atoms with Gasteiger partial charge in [-0.25, -0.2) is 0 Å². The molecule has 0 spiro atoms. The van der Waals surface area contributed by atoms with Crippen LogP contribution >= 0.6 is 43.2 Å². The van der Waals surface area contributed by atoms with Crippen molar-refractivity contribution in [2.75, 3.05) is 6.54 Å². The Hall–Kier alpha value is 0.620. The van der Waals surface area contributed by atoms with Gasteiger partial charge in [0.05, 0.1) is 3.79 Å². The predicted octanol–water partition coefficient (Wildman–Crippen LogP) is 3.70. The van der Waals surface area contributed by atoms with Crippen molar-refractivity contribution < 1.29 is 0 Å². The molecule has 1 N–H and O–H groups in total. The molecular weight excluding hydrogens is 302 g/mol. The fraction of sp³-hybridized carbons (Fsp3) is 0.500. The van der Waals surface area contributed by atoms with E-state index in [0.717, 1.165) is 6.54 Å². The Kier molecular flexibility index (Phi) is 2.89. The summed E-state index contributed by atoms with van der Waals surface area (Å²) in [6, 6.07) is 2.80. The minimum absolute atomic E-state index is 0.595. The first-order valence-electron chi connectivity index (χ1n) is 3.95. The van der Waals surface area contributed by atoms with Crippen molar-refractivity contribution in [2.24, 2.45) is 0 Å². The molecule has 1 nitrogen and oxygen atoms in total. The lowest BCUT2D eigenvalue weighted by Gasteiger charge is -2.05. The van der Waals surface area contributed by atoms with Crippen LogP contribution in [0.25, 0.3) is 0 Å². The normalized spacial score (nSPS) is 23.3. The third-order valence-corrected chi connectivity index (χ3v) is 5.44. The van der Waals surface area contributed by atoms with Gasteiger partial charge < -0.3 is 5.32 Å². The third kappa shape index (κ3) is 1.76. The summed E-state index contributed by atoms with van der Waals surface area (Å²) in [5.41, 5.74) is 0. The molecule has 1 aromatic rings. The van der Waals surface area contributed by atoms with Crippen molar-refractivity contribution in [2.45, 2.75) is 18.9 Å². The fourth-order valence-corrected chi connectivity index (χ4v) is 3.66. The van der Waals surface area contributed by atoms with E-state index in [9.17, 15) is 0 Å². The van der Waals surface area contributed by atoms with Gasteiger partial charge in [0.1, 0.15) is 0 Å². The molecule has 0 saturated carbocycles. The lowest BCUT2D eigenvalue weighted by atomic mass is 10.2. The van der Waals surface area contributed by atoms with Gasteiger partial charge in [0, 0.05) is 15.4 Å². The first kappa shape index (κ1) is 9.19. The van der Waals surface area contributed by atoms with Crippen LogP contribution in [0.1, 0.15) is 23.8 Å². The molecule has 1 saturated heterocycles. The molecule has 0 amide bonds. The SMILES string of the molecule is Brc1cc([C@H]2CCCN2)sc1Br. The van der Waals surface area contributed by atoms with Crippen molar-refractivity contribution in [3.8, 4) is 0 Å². The van der Waals surface area contributed by atoms with Crippen LogP contribution in [0.3, 0.4) is 0 Å². The molecule has 2 rings (SSSR count). The standard InChI is InChI=1S/C8H9Br2NS/c9-5-4-7(12-8(5)10)6-2-1-3-11-6/h4,6,11H,1-3H2/t6-/m1/s1. The van der Waals surface area contributed by atoms with Crippen molar-refractivity contribution in [3.63, 3.8) is 0 Å². The first-order chi connectivity index (χ1) is 5.77. The molecule has 0 unspecified atom stereocenters. The highest BCUT2D eigenvalue weighted by atomic mass is 79.9. The van der Waals surface area contributed by atoms with E-state index in [-0.39, 0.29) is 0 Å². The topological polar surface area (TPSA) is 12.0 Å². The molecule has 0 bridgehead atoms. The van der Waals surface area contributed by atoms with E-state index in [0.29, 0.717) is 6.04 Å². The number of halogens is 2. The number of hydrogen-bond acceptors (Lipinski definition) is 2. The molecule has 0 radical (unpaired) electrons. The van der Waals surface area contributed by atoms with Crippen LogP contribution in [0, 0.1) is 0 Å². The van der Waals surface area contributed by atoms with Crippen LogP contribution in [0.2, 0.25) is 0 Å². The van der Waals surface area contributed by atoms with Gasteiger partial charge in [0.25, 0.3) is 0 Å². The Labute approximate surface area is 92.8 Å². The molecule has 1 aromatic heterocycles. The van der Waals surface area contributed by atoms with E-state index >= 15 is 0 Å². The average Bonchev–Trinajstić information content (AvgIpc) is 2.61. The van der Waals surface area contributed by atoms with E-state index in [1.807, 2.05) is 11.3 Å². The van der Waals surface area contributed by atoms with Gasteiger partial charge in [-0.2, -0.15) is 0 Å². The molecule has 2 heterocycles. The van der Waals surface area contributed by atoms with Gasteiger partial charge in [0.2, 0.25) is 0 Å². The van der Waals surface area contributed by atoms with Crippen LogP contribution < -0.4 is 5.32 Å². The monoisotopic (exact) mass is 309 g/mol. The predicted molar refractivity (Wildman–Crippen MR) is 59.7 cm³/mol. The van der Waals surface area contributed by atoms with Gasteiger partial charge in [0.15, 0.2) is 0 Å². The quantitative estimate of drug-likeness (QED) is 0.834. The summed E-state index contributed by atoms with van der Waals surface area (Å²) in [7, 11) is 0. The van der Waals surface area contributed by atoms with Gasteiger partial charge in [-0.15, -0.1) is 11.3 Å². The Balaban J connectivity index is 2.21.